The SMILES string of the molecule is CCOC(=O)Cc1ccc2c(c1)C(=NCCN(CC)CC)c1ccccc1CO2. The fourth-order valence-corrected chi connectivity index (χ4v) is 3.57. The zero-order valence-corrected chi connectivity index (χ0v) is 17.6. The van der Waals surface area contributed by atoms with Crippen LogP contribution in [0.4, 0.5) is 0 Å². The molecular weight excluding hydrogens is 364 g/mol. The summed E-state index contributed by atoms with van der Waals surface area (Å²) in [5, 5.41) is 0. The van der Waals surface area contributed by atoms with Gasteiger partial charge in [-0.3, -0.25) is 9.79 Å². The van der Waals surface area contributed by atoms with E-state index >= 15 is 0 Å². The van der Waals surface area contributed by atoms with E-state index in [0.29, 0.717) is 19.8 Å². The molecule has 0 N–H and O–H groups in total. The van der Waals surface area contributed by atoms with Gasteiger partial charge in [-0.1, -0.05) is 44.2 Å². The van der Waals surface area contributed by atoms with Crippen LogP contribution in [0.2, 0.25) is 0 Å². The molecule has 1 heterocycles. The molecule has 3 rings (SSSR count). The lowest BCUT2D eigenvalue weighted by atomic mass is 9.96. The van der Waals surface area contributed by atoms with Crippen molar-refractivity contribution in [1.29, 1.82) is 0 Å². The Kier molecular flexibility index (Phi) is 7.42. The first-order valence-corrected chi connectivity index (χ1v) is 10.4. The average molecular weight is 395 g/mol. The molecule has 0 bridgehead atoms. The van der Waals surface area contributed by atoms with Gasteiger partial charge in [0.25, 0.3) is 0 Å². The molecule has 154 valence electrons. The Morgan fingerprint density at radius 3 is 2.66 bits per heavy atom. The molecule has 0 spiro atoms. The van der Waals surface area contributed by atoms with E-state index in [4.69, 9.17) is 14.5 Å². The number of benzene rings is 2. The summed E-state index contributed by atoms with van der Waals surface area (Å²) in [4.78, 5) is 19.3. The normalized spacial score (nSPS) is 14.1. The summed E-state index contributed by atoms with van der Waals surface area (Å²) in [5.41, 5.74) is 5.00. The van der Waals surface area contributed by atoms with Crippen molar-refractivity contribution in [3.05, 3.63) is 64.7 Å². The van der Waals surface area contributed by atoms with Crippen LogP contribution >= 0.6 is 0 Å². The monoisotopic (exact) mass is 394 g/mol. The maximum Gasteiger partial charge on any atom is 0.310 e. The number of nitrogens with zero attached hydrogens (tertiary/aromatic N) is 2. The van der Waals surface area contributed by atoms with E-state index in [-0.39, 0.29) is 12.4 Å². The predicted molar refractivity (Wildman–Crippen MR) is 116 cm³/mol. The van der Waals surface area contributed by atoms with Gasteiger partial charge in [-0.2, -0.15) is 0 Å². The van der Waals surface area contributed by atoms with Crippen LogP contribution in [-0.4, -0.2) is 49.4 Å². The summed E-state index contributed by atoms with van der Waals surface area (Å²) in [7, 11) is 0. The van der Waals surface area contributed by atoms with Crippen LogP contribution < -0.4 is 4.74 Å². The lowest BCUT2D eigenvalue weighted by Gasteiger charge is -2.17. The number of rotatable bonds is 8. The van der Waals surface area contributed by atoms with E-state index in [2.05, 4.69) is 30.9 Å². The van der Waals surface area contributed by atoms with Crippen LogP contribution in [0.1, 0.15) is 43.0 Å². The van der Waals surface area contributed by atoms with Crippen molar-refractivity contribution >= 4 is 11.7 Å². The van der Waals surface area contributed by atoms with Crippen LogP contribution in [0.25, 0.3) is 0 Å². The number of hydrogen-bond acceptors (Lipinski definition) is 5. The highest BCUT2D eigenvalue weighted by molar-refractivity contribution is 6.15. The minimum absolute atomic E-state index is 0.220. The van der Waals surface area contributed by atoms with Crippen molar-refractivity contribution < 1.29 is 14.3 Å². The van der Waals surface area contributed by atoms with E-state index in [0.717, 1.165) is 53.3 Å². The molecule has 0 saturated heterocycles. The zero-order valence-electron chi connectivity index (χ0n) is 17.6. The molecule has 29 heavy (non-hydrogen) atoms. The van der Waals surface area contributed by atoms with Gasteiger partial charge in [0.2, 0.25) is 0 Å². The fourth-order valence-electron chi connectivity index (χ4n) is 3.57. The molecule has 2 aromatic rings. The Balaban J connectivity index is 1.97. The minimum Gasteiger partial charge on any atom is -0.488 e. The molecule has 0 unspecified atom stereocenters. The first-order chi connectivity index (χ1) is 14.2. The van der Waals surface area contributed by atoms with E-state index in [1.807, 2.05) is 37.3 Å². The van der Waals surface area contributed by atoms with Crippen molar-refractivity contribution in [1.82, 2.24) is 4.90 Å². The van der Waals surface area contributed by atoms with E-state index in [9.17, 15) is 4.79 Å². The average Bonchev–Trinajstić information content (AvgIpc) is 2.88. The Bertz CT molecular complexity index is 872. The summed E-state index contributed by atoms with van der Waals surface area (Å²) in [6, 6.07) is 14.1. The number of carbonyl (C=O) groups is 1. The third-order valence-electron chi connectivity index (χ3n) is 5.19. The lowest BCUT2D eigenvalue weighted by Crippen LogP contribution is -2.26. The molecule has 0 amide bonds. The van der Waals surface area contributed by atoms with E-state index in [1.54, 1.807) is 0 Å². The van der Waals surface area contributed by atoms with Crippen LogP contribution in [0.5, 0.6) is 5.75 Å². The summed E-state index contributed by atoms with van der Waals surface area (Å²) >= 11 is 0. The number of carbonyl (C=O) groups excluding carboxylic acids is 1. The molecule has 0 radical (unpaired) electrons. The topological polar surface area (TPSA) is 51.1 Å². The standard InChI is InChI=1S/C24H30N2O3/c1-4-26(5-2)14-13-25-24-20-10-8-7-9-19(20)17-29-22-12-11-18(15-21(22)24)16-23(27)28-6-3/h7-12,15H,4-6,13-14,16-17H2,1-3H3. The molecule has 0 fully saturated rings. The van der Waals surface area contributed by atoms with Gasteiger partial charge in [0.05, 0.1) is 25.3 Å². The highest BCUT2D eigenvalue weighted by Crippen LogP contribution is 2.30. The van der Waals surface area contributed by atoms with Gasteiger partial charge in [-0.15, -0.1) is 0 Å². The Labute approximate surface area is 173 Å². The van der Waals surface area contributed by atoms with Crippen LogP contribution in [0.15, 0.2) is 47.5 Å². The summed E-state index contributed by atoms with van der Waals surface area (Å²) < 4.78 is 11.2. The third kappa shape index (κ3) is 5.24. The maximum absolute atomic E-state index is 12.0. The first kappa shape index (κ1) is 21.1. The highest BCUT2D eigenvalue weighted by atomic mass is 16.5. The molecule has 0 saturated carbocycles. The first-order valence-electron chi connectivity index (χ1n) is 10.4. The number of aliphatic imine (C=N–C) groups is 1. The molecule has 5 nitrogen and oxygen atoms in total. The van der Waals surface area contributed by atoms with E-state index in [1.165, 1.54) is 0 Å². The summed E-state index contributed by atoms with van der Waals surface area (Å²) in [6.07, 6.45) is 0.246. The van der Waals surface area contributed by atoms with Gasteiger partial charge < -0.3 is 14.4 Å². The van der Waals surface area contributed by atoms with Gasteiger partial charge in [-0.05, 0) is 43.3 Å². The van der Waals surface area contributed by atoms with Gasteiger partial charge in [0.15, 0.2) is 0 Å². The number of hydrogen-bond donors (Lipinski definition) is 0. The van der Waals surface area contributed by atoms with Gasteiger partial charge >= 0.3 is 5.97 Å². The van der Waals surface area contributed by atoms with Crippen LogP contribution in [-0.2, 0) is 22.6 Å². The van der Waals surface area contributed by atoms with Crippen LogP contribution in [0, 0.1) is 0 Å². The predicted octanol–water partition coefficient (Wildman–Crippen LogP) is 3.86. The summed E-state index contributed by atoms with van der Waals surface area (Å²) in [5.74, 6) is 0.581. The third-order valence-corrected chi connectivity index (χ3v) is 5.19. The largest absolute Gasteiger partial charge is 0.488 e. The summed E-state index contributed by atoms with van der Waals surface area (Å²) in [6.45, 7) is 10.7. The second-order valence-electron chi connectivity index (χ2n) is 7.02. The van der Waals surface area contributed by atoms with Gasteiger partial charge in [0, 0.05) is 17.7 Å². The molecule has 0 aromatic heterocycles. The fraction of sp³-hybridized carbons (Fsp3) is 0.417. The molecule has 1 aliphatic heterocycles. The van der Waals surface area contributed by atoms with Crippen molar-refractivity contribution in [2.75, 3.05) is 32.8 Å². The molecule has 1 aliphatic rings. The van der Waals surface area contributed by atoms with Crippen molar-refractivity contribution in [2.45, 2.75) is 33.8 Å². The zero-order chi connectivity index (χ0) is 20.6. The van der Waals surface area contributed by atoms with Gasteiger partial charge in [0.1, 0.15) is 12.4 Å². The Morgan fingerprint density at radius 1 is 1.10 bits per heavy atom. The number of fused-ring (bicyclic) bond motifs is 2. The van der Waals surface area contributed by atoms with Crippen molar-refractivity contribution in [3.8, 4) is 5.75 Å². The second-order valence-corrected chi connectivity index (χ2v) is 7.02. The maximum atomic E-state index is 12.0. The smallest absolute Gasteiger partial charge is 0.310 e. The van der Waals surface area contributed by atoms with Crippen LogP contribution in [0.3, 0.4) is 0 Å². The molecule has 2 aromatic carbocycles. The molecule has 0 aliphatic carbocycles. The van der Waals surface area contributed by atoms with E-state index < -0.39 is 0 Å². The second kappa shape index (κ2) is 10.2. The number of esters is 1. The number of ether oxygens (including phenoxy) is 2. The number of likely N-dealkylation sites (N-methyl/N-ethyl adjacent to an activating group) is 1. The molecule has 0 atom stereocenters. The minimum atomic E-state index is -0.220. The van der Waals surface area contributed by atoms with Crippen molar-refractivity contribution in [3.63, 3.8) is 0 Å². The van der Waals surface area contributed by atoms with Crippen molar-refractivity contribution in [2.24, 2.45) is 4.99 Å². The highest BCUT2D eigenvalue weighted by Gasteiger charge is 2.21. The molecular formula is C24H30N2O3. The quantitative estimate of drug-likeness (QED) is 0.638. The van der Waals surface area contributed by atoms with Gasteiger partial charge in [-0.25, -0.2) is 0 Å². The lowest BCUT2D eigenvalue weighted by molar-refractivity contribution is -0.142. The Morgan fingerprint density at radius 2 is 1.90 bits per heavy atom. The Hall–Kier alpha value is -2.66. The molecule has 5 heteroatoms.